The van der Waals surface area contributed by atoms with Crippen molar-refractivity contribution in [2.75, 3.05) is 13.1 Å². The van der Waals surface area contributed by atoms with Crippen molar-refractivity contribution in [3.63, 3.8) is 0 Å². The topological polar surface area (TPSA) is 21.3 Å². The molecule has 0 aliphatic carbocycles. The van der Waals surface area contributed by atoms with E-state index in [-0.39, 0.29) is 11.9 Å². The third kappa shape index (κ3) is 5.04. The molecule has 4 heteroatoms. The highest BCUT2D eigenvalue weighted by atomic mass is 79.9. The summed E-state index contributed by atoms with van der Waals surface area (Å²) in [5.41, 5.74) is 0. The van der Waals surface area contributed by atoms with E-state index in [1.165, 1.54) is 12.1 Å². The highest BCUT2D eigenvalue weighted by molar-refractivity contribution is 9.10. The largest absolute Gasteiger partial charge is 0.489 e. The molecule has 0 amide bonds. The number of benzene rings is 1. The van der Waals surface area contributed by atoms with Crippen LogP contribution in [0.5, 0.6) is 5.75 Å². The van der Waals surface area contributed by atoms with E-state index in [4.69, 9.17) is 4.74 Å². The molecule has 0 radical (unpaired) electrons. The molecule has 96 valence electrons. The van der Waals surface area contributed by atoms with Crippen LogP contribution >= 0.6 is 15.9 Å². The Labute approximate surface area is 111 Å². The minimum Gasteiger partial charge on any atom is -0.489 e. The Morgan fingerprint density at radius 3 is 2.59 bits per heavy atom. The van der Waals surface area contributed by atoms with Gasteiger partial charge in [-0.05, 0) is 24.6 Å². The molecule has 1 atom stereocenters. The molecule has 0 saturated heterocycles. The third-order valence-electron chi connectivity index (χ3n) is 2.46. The molecular formula is C13H19BrFNO. The van der Waals surface area contributed by atoms with Gasteiger partial charge in [-0.15, -0.1) is 0 Å². The average Bonchev–Trinajstić information content (AvgIpc) is 2.22. The summed E-state index contributed by atoms with van der Waals surface area (Å²) in [6, 6.07) is 4.61. The lowest BCUT2D eigenvalue weighted by molar-refractivity contribution is 0.149. The van der Waals surface area contributed by atoms with Crippen molar-refractivity contribution in [3.8, 4) is 5.75 Å². The smallest absolute Gasteiger partial charge is 0.128 e. The summed E-state index contributed by atoms with van der Waals surface area (Å²) in [5, 5.41) is 3.25. The second-order valence-electron chi connectivity index (χ2n) is 4.31. The fourth-order valence-electron chi connectivity index (χ4n) is 1.47. The van der Waals surface area contributed by atoms with Crippen LogP contribution in [-0.4, -0.2) is 19.2 Å². The quantitative estimate of drug-likeness (QED) is 0.867. The Hall–Kier alpha value is -0.610. The molecule has 0 saturated carbocycles. The summed E-state index contributed by atoms with van der Waals surface area (Å²) in [7, 11) is 0. The van der Waals surface area contributed by atoms with Crippen LogP contribution in [0.1, 0.15) is 20.8 Å². The van der Waals surface area contributed by atoms with Crippen molar-refractivity contribution in [1.29, 1.82) is 0 Å². The van der Waals surface area contributed by atoms with Gasteiger partial charge in [0.15, 0.2) is 0 Å². The summed E-state index contributed by atoms with van der Waals surface area (Å²) >= 11 is 3.26. The molecule has 0 heterocycles. The Kier molecular flexibility index (Phi) is 5.92. The van der Waals surface area contributed by atoms with E-state index in [9.17, 15) is 4.39 Å². The van der Waals surface area contributed by atoms with Crippen molar-refractivity contribution in [2.45, 2.75) is 26.9 Å². The maximum atomic E-state index is 13.2. The summed E-state index contributed by atoms with van der Waals surface area (Å²) in [6.45, 7) is 7.91. The highest BCUT2D eigenvalue weighted by Crippen LogP contribution is 2.22. The van der Waals surface area contributed by atoms with E-state index in [2.05, 4.69) is 42.0 Å². The number of likely N-dealkylation sites (N-methyl/N-ethyl adjacent to an activating group) is 1. The van der Waals surface area contributed by atoms with Crippen molar-refractivity contribution in [3.05, 3.63) is 28.5 Å². The van der Waals surface area contributed by atoms with E-state index in [0.29, 0.717) is 16.1 Å². The number of hydrogen-bond donors (Lipinski definition) is 1. The van der Waals surface area contributed by atoms with Crippen molar-refractivity contribution in [1.82, 2.24) is 5.32 Å². The Balaban J connectivity index is 2.71. The van der Waals surface area contributed by atoms with Crippen LogP contribution in [0.2, 0.25) is 0 Å². The Morgan fingerprint density at radius 1 is 1.35 bits per heavy atom. The predicted molar refractivity (Wildman–Crippen MR) is 71.9 cm³/mol. The summed E-state index contributed by atoms with van der Waals surface area (Å²) in [4.78, 5) is 0. The molecule has 1 N–H and O–H groups in total. The molecule has 0 fully saturated rings. The van der Waals surface area contributed by atoms with Gasteiger partial charge in [-0.3, -0.25) is 0 Å². The van der Waals surface area contributed by atoms with Crippen LogP contribution in [0, 0.1) is 11.7 Å². The standard InChI is InChI=1S/C13H19BrFNO/c1-4-16-8-13(9(2)3)17-12-6-10(14)5-11(15)7-12/h5-7,9,13,16H,4,8H2,1-3H3. The first-order chi connectivity index (χ1) is 8.02. The second-order valence-corrected chi connectivity index (χ2v) is 5.23. The number of rotatable bonds is 6. The lowest BCUT2D eigenvalue weighted by atomic mass is 10.1. The van der Waals surface area contributed by atoms with Crippen molar-refractivity contribution >= 4 is 15.9 Å². The fourth-order valence-corrected chi connectivity index (χ4v) is 1.92. The van der Waals surface area contributed by atoms with Crippen LogP contribution in [0.4, 0.5) is 4.39 Å². The van der Waals surface area contributed by atoms with Gasteiger partial charge >= 0.3 is 0 Å². The first-order valence-corrected chi connectivity index (χ1v) is 6.65. The van der Waals surface area contributed by atoms with Gasteiger partial charge in [0.05, 0.1) is 0 Å². The van der Waals surface area contributed by atoms with Crippen LogP contribution in [0.25, 0.3) is 0 Å². The van der Waals surface area contributed by atoms with Gasteiger partial charge < -0.3 is 10.1 Å². The van der Waals surface area contributed by atoms with Crippen LogP contribution in [0.3, 0.4) is 0 Å². The average molecular weight is 304 g/mol. The molecule has 1 rings (SSSR count). The summed E-state index contributed by atoms with van der Waals surface area (Å²) in [6.07, 6.45) is 0.0450. The van der Waals surface area contributed by atoms with Gasteiger partial charge in [0.2, 0.25) is 0 Å². The first kappa shape index (κ1) is 14.5. The predicted octanol–water partition coefficient (Wildman–Crippen LogP) is 3.60. The van der Waals surface area contributed by atoms with E-state index in [1.54, 1.807) is 6.07 Å². The van der Waals surface area contributed by atoms with E-state index in [1.807, 2.05) is 0 Å². The third-order valence-corrected chi connectivity index (χ3v) is 2.92. The van der Waals surface area contributed by atoms with E-state index < -0.39 is 0 Å². The zero-order chi connectivity index (χ0) is 12.8. The maximum absolute atomic E-state index is 13.2. The van der Waals surface area contributed by atoms with Gasteiger partial charge in [-0.2, -0.15) is 0 Å². The second kappa shape index (κ2) is 6.97. The lowest BCUT2D eigenvalue weighted by Crippen LogP contribution is -2.35. The number of ether oxygens (including phenoxy) is 1. The zero-order valence-corrected chi connectivity index (χ0v) is 12.1. The Bertz CT molecular complexity index is 337. The van der Waals surface area contributed by atoms with Crippen LogP contribution < -0.4 is 10.1 Å². The number of halogens is 2. The normalized spacial score (nSPS) is 12.8. The van der Waals surface area contributed by atoms with Crippen LogP contribution in [0.15, 0.2) is 22.7 Å². The molecule has 1 unspecified atom stereocenters. The molecule has 0 spiro atoms. The van der Waals surface area contributed by atoms with Gasteiger partial charge in [-0.1, -0.05) is 36.7 Å². The first-order valence-electron chi connectivity index (χ1n) is 5.86. The van der Waals surface area contributed by atoms with Crippen molar-refractivity contribution < 1.29 is 9.13 Å². The zero-order valence-electron chi connectivity index (χ0n) is 10.5. The van der Waals surface area contributed by atoms with Gasteiger partial charge in [0.25, 0.3) is 0 Å². The summed E-state index contributed by atoms with van der Waals surface area (Å²) < 4.78 is 19.7. The van der Waals surface area contributed by atoms with Gasteiger partial charge in [0, 0.05) is 17.1 Å². The highest BCUT2D eigenvalue weighted by Gasteiger charge is 2.15. The summed E-state index contributed by atoms with van der Waals surface area (Å²) in [5.74, 6) is 0.643. The van der Waals surface area contributed by atoms with Gasteiger partial charge in [-0.25, -0.2) is 4.39 Å². The molecule has 17 heavy (non-hydrogen) atoms. The van der Waals surface area contributed by atoms with Gasteiger partial charge in [0.1, 0.15) is 17.7 Å². The van der Waals surface area contributed by atoms with E-state index in [0.717, 1.165) is 13.1 Å². The molecule has 2 nitrogen and oxygen atoms in total. The molecule has 0 bridgehead atoms. The molecule has 1 aromatic rings. The minimum atomic E-state index is -0.291. The fraction of sp³-hybridized carbons (Fsp3) is 0.538. The number of hydrogen-bond acceptors (Lipinski definition) is 2. The van der Waals surface area contributed by atoms with Crippen LogP contribution in [-0.2, 0) is 0 Å². The van der Waals surface area contributed by atoms with Crippen molar-refractivity contribution in [2.24, 2.45) is 5.92 Å². The number of nitrogens with one attached hydrogen (secondary N) is 1. The molecule has 0 aromatic heterocycles. The minimum absolute atomic E-state index is 0.0450. The molecule has 0 aliphatic heterocycles. The lowest BCUT2D eigenvalue weighted by Gasteiger charge is -2.23. The van der Waals surface area contributed by atoms with E-state index >= 15 is 0 Å². The maximum Gasteiger partial charge on any atom is 0.128 e. The molecule has 1 aromatic carbocycles. The molecular weight excluding hydrogens is 285 g/mol. The molecule has 0 aliphatic rings. The monoisotopic (exact) mass is 303 g/mol. The Morgan fingerprint density at radius 2 is 2.06 bits per heavy atom. The SMILES string of the molecule is CCNCC(Oc1cc(F)cc(Br)c1)C(C)C.